The Hall–Kier alpha value is -3.52. The number of nitrogens with zero attached hydrogens (tertiary/aromatic N) is 4. The number of nitrogens with one attached hydrogen (secondary N) is 1. The van der Waals surface area contributed by atoms with E-state index >= 15 is 0 Å². The molecule has 0 aliphatic carbocycles. The molecule has 0 radical (unpaired) electrons. The first-order valence-electron chi connectivity index (χ1n) is 10.1. The van der Waals surface area contributed by atoms with Crippen LogP contribution in [0.4, 0.5) is 11.5 Å². The van der Waals surface area contributed by atoms with Crippen molar-refractivity contribution in [3.05, 3.63) is 71.3 Å². The molecule has 0 bridgehead atoms. The average molecular weight is 432 g/mol. The van der Waals surface area contributed by atoms with E-state index in [1.165, 1.54) is 0 Å². The van der Waals surface area contributed by atoms with E-state index in [4.69, 9.17) is 14.1 Å². The fraction of sp³-hybridized carbons (Fsp3) is 0.217. The summed E-state index contributed by atoms with van der Waals surface area (Å²) < 4.78 is 11.5. The zero-order chi connectivity index (χ0) is 21.0. The van der Waals surface area contributed by atoms with Crippen LogP contribution in [0.3, 0.4) is 0 Å². The molecule has 1 aliphatic rings. The van der Waals surface area contributed by atoms with Crippen LogP contribution in [0.15, 0.2) is 63.6 Å². The zero-order valence-electron chi connectivity index (χ0n) is 17.0. The number of ether oxygens (including phenoxy) is 1. The Morgan fingerprint density at radius 1 is 1.23 bits per heavy atom. The fourth-order valence-electron chi connectivity index (χ4n) is 3.37. The molecule has 0 spiro atoms. The van der Waals surface area contributed by atoms with E-state index in [0.29, 0.717) is 12.5 Å². The predicted molar refractivity (Wildman–Crippen MR) is 121 cm³/mol. The molecule has 0 fully saturated rings. The number of aromatic nitrogens is 3. The third-order valence-electron chi connectivity index (χ3n) is 4.86. The molecule has 156 valence electrons. The molecule has 3 aromatic heterocycles. The number of hydrogen-bond donors (Lipinski definition) is 1. The zero-order valence-corrected chi connectivity index (χ0v) is 17.9. The van der Waals surface area contributed by atoms with Crippen molar-refractivity contribution in [1.29, 1.82) is 0 Å². The summed E-state index contributed by atoms with van der Waals surface area (Å²) in [6.07, 6.45) is 5.34. The Kier molecular flexibility index (Phi) is 5.45. The molecule has 0 saturated heterocycles. The normalized spacial score (nSPS) is 14.7. The van der Waals surface area contributed by atoms with Gasteiger partial charge in [-0.2, -0.15) is 0 Å². The highest BCUT2D eigenvalue weighted by Crippen LogP contribution is 2.27. The predicted octanol–water partition coefficient (Wildman–Crippen LogP) is 5.41. The van der Waals surface area contributed by atoms with E-state index < -0.39 is 0 Å². The van der Waals surface area contributed by atoms with Gasteiger partial charge in [-0.3, -0.25) is 4.99 Å². The molecule has 7 nitrogen and oxygen atoms in total. The van der Waals surface area contributed by atoms with Crippen LogP contribution in [0, 0.1) is 6.92 Å². The first kappa shape index (κ1) is 19.4. The molecular weight excluding hydrogens is 410 g/mol. The van der Waals surface area contributed by atoms with E-state index in [0.717, 1.165) is 64.3 Å². The van der Waals surface area contributed by atoms with Gasteiger partial charge in [-0.25, -0.2) is 15.0 Å². The quantitative estimate of drug-likeness (QED) is 0.455. The van der Waals surface area contributed by atoms with Crippen LogP contribution in [-0.2, 0) is 6.61 Å². The first-order chi connectivity index (χ1) is 15.2. The lowest BCUT2D eigenvalue weighted by Gasteiger charge is -2.09. The molecule has 0 unspecified atom stereocenters. The second kappa shape index (κ2) is 8.69. The highest BCUT2D eigenvalue weighted by molar-refractivity contribution is 7.13. The molecule has 1 aliphatic heterocycles. The summed E-state index contributed by atoms with van der Waals surface area (Å²) in [5, 5.41) is 5.37. The smallest absolute Gasteiger partial charge is 0.236 e. The number of anilines is 1. The minimum atomic E-state index is 0.328. The van der Waals surface area contributed by atoms with Crippen molar-refractivity contribution in [3.8, 4) is 16.5 Å². The van der Waals surface area contributed by atoms with E-state index in [1.54, 1.807) is 17.6 Å². The van der Waals surface area contributed by atoms with Gasteiger partial charge in [-0.15, -0.1) is 11.3 Å². The monoisotopic (exact) mass is 431 g/mol. The maximum atomic E-state index is 5.94. The van der Waals surface area contributed by atoms with Crippen LogP contribution >= 0.6 is 11.3 Å². The second-order valence-electron chi connectivity index (χ2n) is 7.18. The first-order valence-corrected chi connectivity index (χ1v) is 11.0. The minimum Gasteiger partial charge on any atom is -0.487 e. The summed E-state index contributed by atoms with van der Waals surface area (Å²) in [5.74, 6) is 2.95. The molecule has 31 heavy (non-hydrogen) atoms. The third kappa shape index (κ3) is 4.49. The Morgan fingerprint density at radius 2 is 2.19 bits per heavy atom. The molecule has 1 N–H and O–H groups in total. The topological polar surface area (TPSA) is 85.4 Å². The van der Waals surface area contributed by atoms with Crippen LogP contribution in [0.1, 0.15) is 29.9 Å². The van der Waals surface area contributed by atoms with E-state index in [9.17, 15) is 0 Å². The molecule has 0 saturated carbocycles. The van der Waals surface area contributed by atoms with Gasteiger partial charge < -0.3 is 14.5 Å². The van der Waals surface area contributed by atoms with E-state index in [-0.39, 0.29) is 0 Å². The lowest BCUT2D eigenvalue weighted by atomic mass is 10.1. The summed E-state index contributed by atoms with van der Waals surface area (Å²) in [4.78, 5) is 19.3. The summed E-state index contributed by atoms with van der Waals surface area (Å²) in [6.45, 7) is 3.09. The molecule has 8 heteroatoms. The molecule has 5 rings (SSSR count). The van der Waals surface area contributed by atoms with Crippen LogP contribution < -0.4 is 10.1 Å². The summed E-state index contributed by atoms with van der Waals surface area (Å²) in [6, 6.07) is 11.7. The van der Waals surface area contributed by atoms with Crippen molar-refractivity contribution in [1.82, 2.24) is 15.0 Å². The Labute approximate surface area is 183 Å². The Bertz CT molecular complexity index is 1220. The fourth-order valence-corrected chi connectivity index (χ4v) is 4.03. The highest BCUT2D eigenvalue weighted by Gasteiger charge is 2.16. The number of benzene rings is 1. The van der Waals surface area contributed by atoms with Gasteiger partial charge in [-0.05, 0) is 43.3 Å². The van der Waals surface area contributed by atoms with Crippen LogP contribution in [0.25, 0.3) is 10.8 Å². The highest BCUT2D eigenvalue weighted by atomic mass is 32.1. The molecule has 4 aromatic rings. The SMILES string of the molecule is Cc1ncc2c(n1)NCCCC2=Nc1cccc(OCc2coc(-c3cccs3)n2)c1. The van der Waals surface area contributed by atoms with Gasteiger partial charge >= 0.3 is 0 Å². The summed E-state index contributed by atoms with van der Waals surface area (Å²) in [5.41, 5.74) is 3.52. The van der Waals surface area contributed by atoms with Gasteiger partial charge in [0.2, 0.25) is 5.89 Å². The number of aryl methyl sites for hydroxylation is 1. The van der Waals surface area contributed by atoms with Gasteiger partial charge in [0.05, 0.1) is 21.8 Å². The van der Waals surface area contributed by atoms with Crippen molar-refractivity contribution in [3.63, 3.8) is 0 Å². The van der Waals surface area contributed by atoms with Crippen LogP contribution in [-0.4, -0.2) is 27.2 Å². The number of rotatable bonds is 5. The van der Waals surface area contributed by atoms with Crippen molar-refractivity contribution in [2.24, 2.45) is 4.99 Å². The number of hydrogen-bond acceptors (Lipinski definition) is 8. The molecule has 4 heterocycles. The molecular formula is C23H21N5O2S. The van der Waals surface area contributed by atoms with Crippen LogP contribution in [0.2, 0.25) is 0 Å². The second-order valence-corrected chi connectivity index (χ2v) is 8.12. The van der Waals surface area contributed by atoms with Gasteiger partial charge in [0.1, 0.15) is 36.0 Å². The number of aliphatic imine (C=N–C) groups is 1. The van der Waals surface area contributed by atoms with Crippen molar-refractivity contribution >= 4 is 28.6 Å². The lowest BCUT2D eigenvalue weighted by molar-refractivity contribution is 0.301. The Balaban J connectivity index is 1.33. The van der Waals surface area contributed by atoms with Gasteiger partial charge in [0.25, 0.3) is 0 Å². The van der Waals surface area contributed by atoms with E-state index in [1.807, 2.05) is 54.9 Å². The molecule has 0 amide bonds. The largest absolute Gasteiger partial charge is 0.487 e. The van der Waals surface area contributed by atoms with Crippen molar-refractivity contribution in [2.45, 2.75) is 26.4 Å². The summed E-state index contributed by atoms with van der Waals surface area (Å²) >= 11 is 1.59. The maximum absolute atomic E-state index is 5.94. The lowest BCUT2D eigenvalue weighted by Crippen LogP contribution is -2.06. The average Bonchev–Trinajstić information content (AvgIpc) is 3.43. The molecule has 0 atom stereocenters. The number of oxazole rings is 1. The van der Waals surface area contributed by atoms with Gasteiger partial charge in [0.15, 0.2) is 0 Å². The van der Waals surface area contributed by atoms with Crippen LogP contribution in [0.5, 0.6) is 5.75 Å². The number of thiophene rings is 1. The van der Waals surface area contributed by atoms with Gasteiger partial charge in [0, 0.05) is 18.8 Å². The summed E-state index contributed by atoms with van der Waals surface area (Å²) in [7, 11) is 0. The molecule has 1 aromatic carbocycles. The minimum absolute atomic E-state index is 0.328. The number of fused-ring (bicyclic) bond motifs is 1. The standard InChI is InChI=1S/C23H21N5O2S/c1-15-25-12-19-20(7-3-9-24-22(19)26-15)27-16-5-2-6-18(11-16)29-13-17-14-30-23(28-17)21-8-4-10-31-21/h2,4-6,8,10-12,14H,3,7,9,13H2,1H3,(H,24,25,26). The van der Waals surface area contributed by atoms with Crippen molar-refractivity contribution in [2.75, 3.05) is 11.9 Å². The van der Waals surface area contributed by atoms with Crippen molar-refractivity contribution < 1.29 is 9.15 Å². The maximum Gasteiger partial charge on any atom is 0.236 e. The van der Waals surface area contributed by atoms with E-state index in [2.05, 4.69) is 20.3 Å². The third-order valence-corrected chi connectivity index (χ3v) is 5.71. The Morgan fingerprint density at radius 3 is 3.10 bits per heavy atom. The van der Waals surface area contributed by atoms with Gasteiger partial charge in [-0.1, -0.05) is 12.1 Å².